The first-order valence-corrected chi connectivity index (χ1v) is 5.08. The van der Waals surface area contributed by atoms with Gasteiger partial charge in [0.05, 0.1) is 32.0 Å². The van der Waals surface area contributed by atoms with Crippen LogP contribution in [0.5, 0.6) is 0 Å². The number of hydrogen-bond donors (Lipinski definition) is 1. The number of rotatable bonds is 4. The first kappa shape index (κ1) is 9.11. The highest BCUT2D eigenvalue weighted by atomic mass is 16.6. The number of carbonyl (C=O) groups is 2. The molecule has 82 valence electrons. The molecule has 0 saturated carbocycles. The van der Waals surface area contributed by atoms with Gasteiger partial charge in [-0.3, -0.25) is 10.1 Å². The summed E-state index contributed by atoms with van der Waals surface area (Å²) in [6.45, 7) is 1.89. The van der Waals surface area contributed by atoms with E-state index in [0.29, 0.717) is 26.2 Å². The molecule has 3 saturated heterocycles. The summed E-state index contributed by atoms with van der Waals surface area (Å²) in [5.41, 5.74) is 0. The molecule has 3 unspecified atom stereocenters. The predicted octanol–water partition coefficient (Wildman–Crippen LogP) is -0.906. The molecule has 3 aliphatic heterocycles. The summed E-state index contributed by atoms with van der Waals surface area (Å²) in [6.07, 6.45) is 0.864. The molecule has 3 fully saturated rings. The molecule has 0 aromatic heterocycles. The first-order valence-electron chi connectivity index (χ1n) is 5.08. The zero-order valence-corrected chi connectivity index (χ0v) is 8.14. The van der Waals surface area contributed by atoms with Crippen molar-refractivity contribution in [1.82, 2.24) is 10.2 Å². The highest BCUT2D eigenvalue weighted by Gasteiger charge is 2.44. The molecule has 3 atom stereocenters. The van der Waals surface area contributed by atoms with E-state index in [9.17, 15) is 9.59 Å². The number of hydrogen-bond acceptors (Lipinski definition) is 4. The minimum Gasteiger partial charge on any atom is -0.373 e. The number of imide groups is 1. The van der Waals surface area contributed by atoms with Crippen LogP contribution >= 0.6 is 0 Å². The maximum absolute atomic E-state index is 11.5. The first-order chi connectivity index (χ1) is 7.24. The van der Waals surface area contributed by atoms with Crippen LogP contribution in [0.15, 0.2) is 0 Å². The summed E-state index contributed by atoms with van der Waals surface area (Å²) >= 11 is 0. The van der Waals surface area contributed by atoms with Gasteiger partial charge in [-0.15, -0.1) is 0 Å². The van der Waals surface area contributed by atoms with Crippen molar-refractivity contribution in [2.24, 2.45) is 0 Å². The molecule has 3 amide bonds. The molecular weight excluding hydrogens is 200 g/mol. The Hall–Kier alpha value is -1.14. The molecule has 3 aliphatic rings. The van der Waals surface area contributed by atoms with Gasteiger partial charge in [0, 0.05) is 6.42 Å². The minimum absolute atomic E-state index is 0.115. The molecule has 6 nitrogen and oxygen atoms in total. The monoisotopic (exact) mass is 212 g/mol. The van der Waals surface area contributed by atoms with Gasteiger partial charge in [0.15, 0.2) is 0 Å². The highest BCUT2D eigenvalue weighted by molar-refractivity contribution is 6.04. The second-order valence-corrected chi connectivity index (χ2v) is 4.11. The Bertz CT molecular complexity index is 281. The number of urea groups is 1. The number of nitrogens with zero attached hydrogens (tertiary/aromatic N) is 1. The Balaban J connectivity index is 1.68. The van der Waals surface area contributed by atoms with Crippen LogP contribution in [0.1, 0.15) is 6.42 Å². The van der Waals surface area contributed by atoms with Crippen LogP contribution in [-0.4, -0.2) is 54.8 Å². The van der Waals surface area contributed by atoms with Gasteiger partial charge in [0.25, 0.3) is 5.91 Å². The molecule has 0 aliphatic carbocycles. The fraction of sp³-hybridized carbons (Fsp3) is 0.778. The fourth-order valence-electron chi connectivity index (χ4n) is 1.83. The Labute approximate surface area is 86.5 Å². The summed E-state index contributed by atoms with van der Waals surface area (Å²) in [5.74, 6) is -0.212. The van der Waals surface area contributed by atoms with Crippen molar-refractivity contribution >= 4 is 11.9 Å². The van der Waals surface area contributed by atoms with Crippen molar-refractivity contribution in [3.63, 3.8) is 0 Å². The standard InChI is InChI=1S/C9H12N2O4/c12-8-7(1-5-3-14-5)11(9(13)10-8)2-6-4-15-6/h5-7H,1-4H2,(H,10,12,13). The Morgan fingerprint density at radius 3 is 2.53 bits per heavy atom. The van der Waals surface area contributed by atoms with Crippen molar-refractivity contribution < 1.29 is 19.1 Å². The van der Waals surface area contributed by atoms with Crippen molar-refractivity contribution in [2.75, 3.05) is 19.8 Å². The van der Waals surface area contributed by atoms with Gasteiger partial charge in [-0.2, -0.15) is 0 Å². The molecule has 0 radical (unpaired) electrons. The van der Waals surface area contributed by atoms with E-state index in [1.807, 2.05) is 0 Å². The zero-order chi connectivity index (χ0) is 10.4. The number of carbonyl (C=O) groups excluding carboxylic acids is 2. The van der Waals surface area contributed by atoms with Crippen LogP contribution in [0.25, 0.3) is 0 Å². The Morgan fingerprint density at radius 1 is 1.27 bits per heavy atom. The van der Waals surface area contributed by atoms with Gasteiger partial charge in [-0.25, -0.2) is 4.79 Å². The normalized spacial score (nSPS) is 38.1. The van der Waals surface area contributed by atoms with Crippen LogP contribution < -0.4 is 5.32 Å². The maximum Gasteiger partial charge on any atom is 0.324 e. The summed E-state index contributed by atoms with van der Waals surface area (Å²) in [5, 5.41) is 2.32. The van der Waals surface area contributed by atoms with Crippen LogP contribution in [0.3, 0.4) is 0 Å². The minimum atomic E-state index is -0.366. The second-order valence-electron chi connectivity index (χ2n) is 4.11. The van der Waals surface area contributed by atoms with Crippen LogP contribution in [0, 0.1) is 0 Å². The van der Waals surface area contributed by atoms with Crippen LogP contribution in [0.4, 0.5) is 4.79 Å². The molecule has 3 heterocycles. The summed E-state index contributed by atoms with van der Waals surface area (Å²) < 4.78 is 10.1. The van der Waals surface area contributed by atoms with Gasteiger partial charge in [-0.1, -0.05) is 0 Å². The SMILES string of the molecule is O=C1NC(=O)N(CC2CO2)C1CC1CO1. The van der Waals surface area contributed by atoms with E-state index in [1.165, 1.54) is 0 Å². The lowest BCUT2D eigenvalue weighted by Gasteiger charge is -2.19. The average Bonchev–Trinajstić information content (AvgIpc) is 3.04. The van der Waals surface area contributed by atoms with Gasteiger partial charge in [-0.05, 0) is 0 Å². The van der Waals surface area contributed by atoms with Crippen molar-refractivity contribution in [2.45, 2.75) is 24.7 Å². The Kier molecular flexibility index (Phi) is 1.93. The lowest BCUT2D eigenvalue weighted by atomic mass is 10.1. The largest absolute Gasteiger partial charge is 0.373 e. The molecule has 0 spiro atoms. The third kappa shape index (κ3) is 1.82. The van der Waals surface area contributed by atoms with Gasteiger partial charge < -0.3 is 14.4 Å². The number of epoxide rings is 2. The number of nitrogens with one attached hydrogen (secondary N) is 1. The van der Waals surface area contributed by atoms with E-state index in [2.05, 4.69) is 5.32 Å². The lowest BCUT2D eigenvalue weighted by molar-refractivity contribution is -0.121. The predicted molar refractivity (Wildman–Crippen MR) is 48.1 cm³/mol. The summed E-state index contributed by atoms with van der Waals surface area (Å²) in [7, 11) is 0. The van der Waals surface area contributed by atoms with Crippen LogP contribution in [-0.2, 0) is 14.3 Å². The van der Waals surface area contributed by atoms with E-state index in [0.717, 1.165) is 0 Å². The van der Waals surface area contributed by atoms with Crippen molar-refractivity contribution in [3.8, 4) is 0 Å². The molecule has 0 aromatic carbocycles. The van der Waals surface area contributed by atoms with E-state index < -0.39 is 0 Å². The highest BCUT2D eigenvalue weighted by Crippen LogP contribution is 2.24. The molecular formula is C9H12N2O4. The van der Waals surface area contributed by atoms with E-state index in [4.69, 9.17) is 9.47 Å². The number of amides is 3. The van der Waals surface area contributed by atoms with E-state index in [-0.39, 0.29) is 30.2 Å². The van der Waals surface area contributed by atoms with Gasteiger partial charge in [0.1, 0.15) is 6.04 Å². The smallest absolute Gasteiger partial charge is 0.324 e. The number of ether oxygens (including phenoxy) is 2. The topological polar surface area (TPSA) is 74.5 Å². The molecule has 0 aromatic rings. The molecule has 1 N–H and O–H groups in total. The third-order valence-corrected chi connectivity index (χ3v) is 2.86. The van der Waals surface area contributed by atoms with Crippen LogP contribution in [0.2, 0.25) is 0 Å². The fourth-order valence-corrected chi connectivity index (χ4v) is 1.83. The molecule has 3 rings (SSSR count). The second kappa shape index (κ2) is 3.18. The maximum atomic E-state index is 11.5. The zero-order valence-electron chi connectivity index (χ0n) is 8.14. The van der Waals surface area contributed by atoms with Crippen molar-refractivity contribution in [3.05, 3.63) is 0 Å². The lowest BCUT2D eigenvalue weighted by Crippen LogP contribution is -2.38. The van der Waals surface area contributed by atoms with E-state index >= 15 is 0 Å². The van der Waals surface area contributed by atoms with E-state index in [1.54, 1.807) is 4.90 Å². The third-order valence-electron chi connectivity index (χ3n) is 2.86. The average molecular weight is 212 g/mol. The van der Waals surface area contributed by atoms with Gasteiger partial charge in [0.2, 0.25) is 0 Å². The molecule has 15 heavy (non-hydrogen) atoms. The van der Waals surface area contributed by atoms with Crippen molar-refractivity contribution in [1.29, 1.82) is 0 Å². The summed E-state index contributed by atoms with van der Waals surface area (Å²) in [6, 6.07) is -0.671. The molecule has 0 bridgehead atoms. The Morgan fingerprint density at radius 2 is 1.93 bits per heavy atom. The summed E-state index contributed by atoms with van der Waals surface area (Å²) in [4.78, 5) is 24.5. The molecule has 6 heteroatoms. The van der Waals surface area contributed by atoms with Gasteiger partial charge >= 0.3 is 6.03 Å². The quantitative estimate of drug-likeness (QED) is 0.484.